The van der Waals surface area contributed by atoms with E-state index in [1.54, 1.807) is 6.20 Å². The van der Waals surface area contributed by atoms with Gasteiger partial charge in [0.15, 0.2) is 0 Å². The fourth-order valence-corrected chi connectivity index (χ4v) is 2.19. The molecular weight excluding hydrogens is 236 g/mol. The number of nitrogens with zero attached hydrogens (tertiary/aromatic N) is 1. The summed E-state index contributed by atoms with van der Waals surface area (Å²) in [5, 5.41) is 2.84. The molecule has 0 radical (unpaired) electrons. The first-order valence-corrected chi connectivity index (χ1v) is 6.94. The molecule has 0 saturated carbocycles. The lowest BCUT2D eigenvalue weighted by atomic mass is 10.00. The van der Waals surface area contributed by atoms with Gasteiger partial charge in [-0.3, -0.25) is 0 Å². The topological polar surface area (TPSA) is 32.3 Å². The van der Waals surface area contributed by atoms with Crippen LogP contribution in [0.5, 0.6) is 0 Å². The van der Waals surface area contributed by atoms with Crippen molar-refractivity contribution in [3.05, 3.63) is 41.6 Å². The summed E-state index contributed by atoms with van der Waals surface area (Å²) in [6.45, 7) is 6.04. The molecule has 1 aliphatic rings. The van der Waals surface area contributed by atoms with Gasteiger partial charge in [0.2, 0.25) is 0 Å². The second-order valence-electron chi connectivity index (χ2n) is 5.36. The second kappa shape index (κ2) is 6.41. The van der Waals surface area contributed by atoms with Crippen LogP contribution < -0.4 is 5.32 Å². The molecule has 102 valence electrons. The maximum absolute atomic E-state index is 11.9. The predicted octanol–water partition coefficient (Wildman–Crippen LogP) is 3.41. The van der Waals surface area contributed by atoms with Crippen molar-refractivity contribution >= 4 is 12.1 Å². The minimum Gasteiger partial charge on any atom is -0.325 e. The van der Waals surface area contributed by atoms with Crippen LogP contribution in [0.25, 0.3) is 6.08 Å². The van der Waals surface area contributed by atoms with Crippen LogP contribution in [0.1, 0.15) is 30.9 Å². The highest BCUT2D eigenvalue weighted by molar-refractivity contribution is 5.76. The molecule has 1 heterocycles. The Morgan fingerprint density at radius 3 is 2.53 bits per heavy atom. The summed E-state index contributed by atoms with van der Waals surface area (Å²) in [6, 6.07) is 8.22. The van der Waals surface area contributed by atoms with Crippen molar-refractivity contribution in [2.75, 3.05) is 13.1 Å². The number of urea groups is 1. The summed E-state index contributed by atoms with van der Waals surface area (Å²) < 4.78 is 0. The number of aryl methyl sites for hydroxylation is 1. The molecule has 0 aliphatic carbocycles. The molecule has 1 fully saturated rings. The molecule has 1 aromatic carbocycles. The van der Waals surface area contributed by atoms with Gasteiger partial charge in [-0.15, -0.1) is 0 Å². The van der Waals surface area contributed by atoms with Gasteiger partial charge in [0, 0.05) is 19.3 Å². The van der Waals surface area contributed by atoms with Crippen LogP contribution >= 0.6 is 0 Å². The predicted molar refractivity (Wildman–Crippen MR) is 78.7 cm³/mol. The molecule has 1 N–H and O–H groups in total. The van der Waals surface area contributed by atoms with Gasteiger partial charge in [-0.25, -0.2) is 4.79 Å². The van der Waals surface area contributed by atoms with E-state index in [4.69, 9.17) is 0 Å². The first-order chi connectivity index (χ1) is 9.15. The van der Waals surface area contributed by atoms with Crippen LogP contribution in [0.3, 0.4) is 0 Å². The molecule has 0 aromatic heterocycles. The molecule has 1 aliphatic heterocycles. The molecule has 3 heteroatoms. The molecule has 0 bridgehead atoms. The summed E-state index contributed by atoms with van der Waals surface area (Å²) in [5.41, 5.74) is 2.33. The number of benzene rings is 1. The van der Waals surface area contributed by atoms with E-state index in [1.165, 1.54) is 5.56 Å². The first kappa shape index (κ1) is 13.7. The van der Waals surface area contributed by atoms with E-state index in [0.717, 1.165) is 37.4 Å². The molecule has 1 aromatic rings. The highest BCUT2D eigenvalue weighted by Gasteiger charge is 2.19. The van der Waals surface area contributed by atoms with Gasteiger partial charge in [0.1, 0.15) is 0 Å². The Bertz CT molecular complexity index is 442. The van der Waals surface area contributed by atoms with Crippen LogP contribution in [-0.4, -0.2) is 24.0 Å². The zero-order valence-corrected chi connectivity index (χ0v) is 11.7. The van der Waals surface area contributed by atoms with Gasteiger partial charge in [-0.05, 0) is 37.3 Å². The van der Waals surface area contributed by atoms with Gasteiger partial charge < -0.3 is 10.2 Å². The maximum atomic E-state index is 11.9. The highest BCUT2D eigenvalue weighted by Crippen LogP contribution is 2.15. The zero-order chi connectivity index (χ0) is 13.7. The summed E-state index contributed by atoms with van der Waals surface area (Å²) in [5.74, 6) is 0.743. The number of piperidine rings is 1. The third-order valence-corrected chi connectivity index (χ3v) is 3.63. The van der Waals surface area contributed by atoms with Crippen molar-refractivity contribution in [1.29, 1.82) is 0 Å². The number of rotatable bonds is 2. The Morgan fingerprint density at radius 1 is 1.26 bits per heavy atom. The number of nitrogens with one attached hydrogen (secondary N) is 1. The lowest BCUT2D eigenvalue weighted by Crippen LogP contribution is -2.42. The molecule has 0 spiro atoms. The molecule has 3 nitrogen and oxygen atoms in total. The molecule has 2 rings (SSSR count). The quantitative estimate of drug-likeness (QED) is 0.866. The van der Waals surface area contributed by atoms with Gasteiger partial charge in [0.25, 0.3) is 0 Å². The zero-order valence-electron chi connectivity index (χ0n) is 11.7. The number of carbonyl (C=O) groups excluding carboxylic acids is 1. The van der Waals surface area contributed by atoms with Crippen molar-refractivity contribution in [2.24, 2.45) is 5.92 Å². The maximum Gasteiger partial charge on any atom is 0.321 e. The lowest BCUT2D eigenvalue weighted by Gasteiger charge is -2.29. The van der Waals surface area contributed by atoms with Crippen molar-refractivity contribution in [2.45, 2.75) is 26.7 Å². The van der Waals surface area contributed by atoms with Gasteiger partial charge >= 0.3 is 6.03 Å². The standard InChI is InChI=1S/C16H22N2O/c1-13-3-5-15(6-4-13)7-10-17-16(19)18-11-8-14(2)9-12-18/h3-7,10,14H,8-9,11-12H2,1-2H3,(H,17,19)/b10-7+. The summed E-state index contributed by atoms with van der Waals surface area (Å²) in [6.07, 6.45) is 5.86. The van der Waals surface area contributed by atoms with Gasteiger partial charge in [-0.1, -0.05) is 36.8 Å². The third-order valence-electron chi connectivity index (χ3n) is 3.63. The van der Waals surface area contributed by atoms with Crippen molar-refractivity contribution < 1.29 is 4.79 Å². The van der Waals surface area contributed by atoms with E-state index in [2.05, 4.69) is 31.3 Å². The van der Waals surface area contributed by atoms with Crippen LogP contribution in [0.2, 0.25) is 0 Å². The molecule has 0 unspecified atom stereocenters. The first-order valence-electron chi connectivity index (χ1n) is 6.94. The molecule has 0 atom stereocenters. The fourth-order valence-electron chi connectivity index (χ4n) is 2.19. The summed E-state index contributed by atoms with van der Waals surface area (Å²) in [7, 11) is 0. The smallest absolute Gasteiger partial charge is 0.321 e. The van der Waals surface area contributed by atoms with Gasteiger partial charge in [-0.2, -0.15) is 0 Å². The average molecular weight is 258 g/mol. The SMILES string of the molecule is Cc1ccc(/C=C/NC(=O)N2CCC(C)CC2)cc1. The van der Waals surface area contributed by atoms with Crippen LogP contribution in [0, 0.1) is 12.8 Å². The number of likely N-dealkylation sites (tertiary alicyclic amines) is 1. The molecule has 1 saturated heterocycles. The number of hydrogen-bond donors (Lipinski definition) is 1. The van der Waals surface area contributed by atoms with Crippen LogP contribution in [-0.2, 0) is 0 Å². The Balaban J connectivity index is 1.81. The van der Waals surface area contributed by atoms with E-state index < -0.39 is 0 Å². The monoisotopic (exact) mass is 258 g/mol. The Labute approximate surface area is 115 Å². The van der Waals surface area contributed by atoms with E-state index in [-0.39, 0.29) is 6.03 Å². The normalized spacial score (nSPS) is 16.8. The van der Waals surface area contributed by atoms with E-state index >= 15 is 0 Å². The van der Waals surface area contributed by atoms with Gasteiger partial charge in [0.05, 0.1) is 0 Å². The van der Waals surface area contributed by atoms with E-state index in [0.29, 0.717) is 0 Å². The third kappa shape index (κ3) is 4.12. The highest BCUT2D eigenvalue weighted by atomic mass is 16.2. The van der Waals surface area contributed by atoms with Crippen LogP contribution in [0.4, 0.5) is 4.79 Å². The Hall–Kier alpha value is -1.77. The number of amides is 2. The lowest BCUT2D eigenvalue weighted by molar-refractivity contribution is 0.177. The van der Waals surface area contributed by atoms with E-state index in [1.807, 2.05) is 23.1 Å². The fraction of sp³-hybridized carbons (Fsp3) is 0.438. The molecule has 19 heavy (non-hydrogen) atoms. The van der Waals surface area contributed by atoms with Crippen molar-refractivity contribution in [3.63, 3.8) is 0 Å². The molecule has 2 amide bonds. The van der Waals surface area contributed by atoms with Crippen LogP contribution in [0.15, 0.2) is 30.5 Å². The van der Waals surface area contributed by atoms with Crippen molar-refractivity contribution in [3.8, 4) is 0 Å². The largest absolute Gasteiger partial charge is 0.325 e. The number of hydrogen-bond acceptors (Lipinski definition) is 1. The summed E-state index contributed by atoms with van der Waals surface area (Å²) >= 11 is 0. The minimum absolute atomic E-state index is 0.00950. The minimum atomic E-state index is 0.00950. The number of carbonyl (C=O) groups is 1. The van der Waals surface area contributed by atoms with E-state index in [9.17, 15) is 4.79 Å². The average Bonchev–Trinajstić information content (AvgIpc) is 2.41. The molecular formula is C16H22N2O. The Morgan fingerprint density at radius 2 is 1.89 bits per heavy atom. The second-order valence-corrected chi connectivity index (χ2v) is 5.36. The summed E-state index contributed by atoms with van der Waals surface area (Å²) in [4.78, 5) is 13.8. The van der Waals surface area contributed by atoms with Crippen molar-refractivity contribution in [1.82, 2.24) is 10.2 Å². The Kier molecular flexibility index (Phi) is 4.61.